The number of aryl methyl sites for hydroxylation is 3. The van der Waals surface area contributed by atoms with Gasteiger partial charge in [0.15, 0.2) is 0 Å². The van der Waals surface area contributed by atoms with Crippen molar-refractivity contribution >= 4 is 39.7 Å². The highest BCUT2D eigenvalue weighted by Crippen LogP contribution is 2.70. The maximum atomic E-state index is 4.42. The van der Waals surface area contributed by atoms with Crippen molar-refractivity contribution in [2.75, 3.05) is 9.80 Å². The third kappa shape index (κ3) is 9.47. The first-order chi connectivity index (χ1) is 45.7. The standard InChI is InChI=1S/C91H72N2/c1-7-9-34-66(8-2)74-41-18-24-50-86(74)92(87-51-25-19-42-75(87)67-35-28-31-62(3)58-67)71-54-56-79-77-44-16-22-48-82(77)90(84(79)60-71,69-37-12-10-13-38-69)91(70-39-14-11-15-40-70)83-49-23-17-45-78(83)80-57-55-72(61-85(80)91)93(88-52-26-20-43-76(88)68-36-29-32-63(4)59-68)89-53-27-21-46-81(89)73-47-30-33-64(5)65(73)6/h7-61H,2H2,1,3-6H3/b9-7-,66-34+. The van der Waals surface area contributed by atoms with E-state index in [1.54, 1.807) is 0 Å². The number of nitrogens with zero attached hydrogens (tertiary/aromatic N) is 2. The first-order valence-corrected chi connectivity index (χ1v) is 32.5. The van der Waals surface area contributed by atoms with Crippen LogP contribution in [0.4, 0.5) is 34.1 Å². The molecule has 2 atom stereocenters. The highest BCUT2D eigenvalue weighted by Gasteiger charge is 2.64. The molecule has 13 aromatic rings. The lowest BCUT2D eigenvalue weighted by Gasteiger charge is -2.51. The van der Waals surface area contributed by atoms with Crippen LogP contribution in [-0.4, -0.2) is 0 Å². The van der Waals surface area contributed by atoms with Gasteiger partial charge >= 0.3 is 0 Å². The van der Waals surface area contributed by atoms with Crippen molar-refractivity contribution in [3.63, 3.8) is 0 Å². The fourth-order valence-corrected chi connectivity index (χ4v) is 15.6. The molecule has 2 aliphatic rings. The molecule has 0 aromatic heterocycles. The average molecular weight is 1190 g/mol. The largest absolute Gasteiger partial charge is 0.309 e. The van der Waals surface area contributed by atoms with Crippen LogP contribution in [0, 0.1) is 27.7 Å². The van der Waals surface area contributed by atoms with Crippen LogP contribution in [-0.2, 0) is 10.8 Å². The summed E-state index contributed by atoms with van der Waals surface area (Å²) in [5, 5.41) is 0. The molecule has 13 aromatic carbocycles. The molecule has 0 radical (unpaired) electrons. The molecule has 0 N–H and O–H groups in total. The second-order valence-electron chi connectivity index (χ2n) is 24.9. The number of fused-ring (bicyclic) bond motifs is 6. The Morgan fingerprint density at radius 3 is 1.23 bits per heavy atom. The van der Waals surface area contributed by atoms with E-state index in [2.05, 4.69) is 379 Å². The molecule has 446 valence electrons. The molecule has 0 fully saturated rings. The van der Waals surface area contributed by atoms with Gasteiger partial charge in [-0.2, -0.15) is 0 Å². The second kappa shape index (κ2) is 24.1. The third-order valence-electron chi connectivity index (χ3n) is 19.7. The Morgan fingerprint density at radius 2 is 0.731 bits per heavy atom. The Morgan fingerprint density at radius 1 is 0.333 bits per heavy atom. The molecule has 2 unspecified atom stereocenters. The molecule has 0 saturated heterocycles. The lowest BCUT2D eigenvalue weighted by Crippen LogP contribution is -2.50. The predicted octanol–water partition coefficient (Wildman–Crippen LogP) is 24.3. The Bertz CT molecular complexity index is 5080. The van der Waals surface area contributed by atoms with Crippen LogP contribution in [0.15, 0.2) is 340 Å². The van der Waals surface area contributed by atoms with Gasteiger partial charge in [-0.25, -0.2) is 0 Å². The summed E-state index contributed by atoms with van der Waals surface area (Å²) in [6.45, 7) is 15.3. The lowest BCUT2D eigenvalue weighted by atomic mass is 9.49. The van der Waals surface area contributed by atoms with Gasteiger partial charge in [0.1, 0.15) is 0 Å². The average Bonchev–Trinajstić information content (AvgIpc) is 1.50. The Kier molecular flexibility index (Phi) is 15.1. The molecule has 93 heavy (non-hydrogen) atoms. The number of hydrogen-bond acceptors (Lipinski definition) is 2. The molecule has 0 bridgehead atoms. The molecule has 2 heteroatoms. The van der Waals surface area contributed by atoms with E-state index in [0.29, 0.717) is 0 Å². The maximum absolute atomic E-state index is 4.42. The predicted molar refractivity (Wildman–Crippen MR) is 394 cm³/mol. The van der Waals surface area contributed by atoms with Crippen LogP contribution in [0.3, 0.4) is 0 Å². The summed E-state index contributed by atoms with van der Waals surface area (Å²) in [7, 11) is 0. The van der Waals surface area contributed by atoms with Crippen molar-refractivity contribution < 1.29 is 0 Å². The van der Waals surface area contributed by atoms with Gasteiger partial charge in [-0.05, 0) is 172 Å². The first kappa shape index (κ1) is 58.1. The number of benzene rings is 13. The number of hydrogen-bond donors (Lipinski definition) is 0. The van der Waals surface area contributed by atoms with Crippen LogP contribution >= 0.6 is 0 Å². The molecular weight excluding hydrogens is 1120 g/mol. The van der Waals surface area contributed by atoms with E-state index in [0.717, 1.165) is 73.1 Å². The van der Waals surface area contributed by atoms with Crippen molar-refractivity contribution in [2.45, 2.75) is 45.4 Å². The minimum atomic E-state index is -0.933. The SMILES string of the molecule is C=C/C(=C\C=C/C)c1ccccc1N(c1ccc2c(c1)C(c1ccccc1)(C1(c3ccccc3)c3ccccc3-c3ccc(N(c4ccccc4-c4cccc(C)c4)c4ccccc4-c4cccc(C)c4C)cc31)c1ccccc1-2)c1ccccc1-c1cccc(C)c1. The van der Waals surface area contributed by atoms with E-state index in [4.69, 9.17) is 0 Å². The fourth-order valence-electron chi connectivity index (χ4n) is 15.6. The lowest BCUT2D eigenvalue weighted by molar-refractivity contribution is 0.437. The van der Waals surface area contributed by atoms with E-state index in [-0.39, 0.29) is 0 Å². The van der Waals surface area contributed by atoms with E-state index in [1.807, 2.05) is 6.08 Å². The van der Waals surface area contributed by atoms with E-state index in [9.17, 15) is 0 Å². The summed E-state index contributed by atoms with van der Waals surface area (Å²) < 4.78 is 0. The molecule has 0 aliphatic heterocycles. The number of rotatable bonds is 15. The summed E-state index contributed by atoms with van der Waals surface area (Å²) in [6.07, 6.45) is 8.35. The zero-order valence-corrected chi connectivity index (χ0v) is 53.4. The molecule has 0 heterocycles. The van der Waals surface area contributed by atoms with Crippen molar-refractivity contribution in [2.24, 2.45) is 0 Å². The molecule has 15 rings (SSSR count). The van der Waals surface area contributed by atoms with Gasteiger partial charge in [0.25, 0.3) is 0 Å². The number of allylic oxidation sites excluding steroid dienone is 5. The van der Waals surface area contributed by atoms with Crippen molar-refractivity contribution in [3.8, 4) is 55.6 Å². The Labute approximate surface area is 548 Å². The smallest absolute Gasteiger partial charge is 0.0642 e. The van der Waals surface area contributed by atoms with E-state index in [1.165, 1.54) is 83.5 Å². The minimum absolute atomic E-state index is 0.931. The van der Waals surface area contributed by atoms with Crippen molar-refractivity contribution in [1.29, 1.82) is 0 Å². The van der Waals surface area contributed by atoms with Gasteiger partial charge in [0.2, 0.25) is 0 Å². The topological polar surface area (TPSA) is 6.48 Å². The van der Waals surface area contributed by atoms with Crippen molar-refractivity contribution in [1.82, 2.24) is 0 Å². The number of anilines is 6. The summed E-state index contributed by atoms with van der Waals surface area (Å²) in [5.74, 6) is 0. The van der Waals surface area contributed by atoms with Gasteiger partial charge in [0, 0.05) is 33.6 Å². The zero-order chi connectivity index (χ0) is 63.2. The van der Waals surface area contributed by atoms with Gasteiger partial charge in [0.05, 0.1) is 33.6 Å². The fraction of sp³-hybridized carbons (Fsp3) is 0.0769. The van der Waals surface area contributed by atoms with Gasteiger partial charge in [-0.15, -0.1) is 0 Å². The molecular formula is C91H72N2. The van der Waals surface area contributed by atoms with Crippen LogP contribution in [0.2, 0.25) is 0 Å². The van der Waals surface area contributed by atoms with Gasteiger partial charge < -0.3 is 9.80 Å². The second-order valence-corrected chi connectivity index (χ2v) is 24.9. The monoisotopic (exact) mass is 1190 g/mol. The number of para-hydroxylation sites is 4. The quantitative estimate of drug-likeness (QED) is 0.0944. The van der Waals surface area contributed by atoms with Gasteiger partial charge in [-0.3, -0.25) is 0 Å². The van der Waals surface area contributed by atoms with Crippen molar-refractivity contribution in [3.05, 3.63) is 401 Å². The Balaban J connectivity index is 1.08. The Hall–Kier alpha value is -11.3. The molecule has 0 saturated carbocycles. The third-order valence-corrected chi connectivity index (χ3v) is 19.7. The van der Waals surface area contributed by atoms with Crippen LogP contribution in [0.25, 0.3) is 61.2 Å². The molecule has 2 aliphatic carbocycles. The highest BCUT2D eigenvalue weighted by atomic mass is 15.2. The normalized spacial score (nSPS) is 15.3. The highest BCUT2D eigenvalue weighted by molar-refractivity contribution is 6.00. The molecule has 0 amide bonds. The molecule has 0 spiro atoms. The van der Waals surface area contributed by atoms with Crippen LogP contribution in [0.5, 0.6) is 0 Å². The first-order valence-electron chi connectivity index (χ1n) is 32.5. The summed E-state index contributed by atoms with van der Waals surface area (Å²) in [4.78, 5) is 5.07. The van der Waals surface area contributed by atoms with Crippen LogP contribution in [0.1, 0.15) is 68.1 Å². The molecule has 2 nitrogen and oxygen atoms in total. The summed E-state index contributed by atoms with van der Waals surface area (Å²) >= 11 is 0. The van der Waals surface area contributed by atoms with Crippen LogP contribution < -0.4 is 9.80 Å². The zero-order valence-electron chi connectivity index (χ0n) is 53.4. The van der Waals surface area contributed by atoms with E-state index >= 15 is 0 Å². The summed E-state index contributed by atoms with van der Waals surface area (Å²) in [6, 6.07) is 117. The van der Waals surface area contributed by atoms with E-state index < -0.39 is 10.8 Å². The van der Waals surface area contributed by atoms with Gasteiger partial charge in [-0.1, -0.05) is 303 Å². The summed E-state index contributed by atoms with van der Waals surface area (Å²) in [5.41, 5.74) is 30.7. The maximum Gasteiger partial charge on any atom is 0.0642 e. The minimum Gasteiger partial charge on any atom is -0.309 e.